The minimum absolute atomic E-state index is 0.0227. The fourth-order valence-corrected chi connectivity index (χ4v) is 4.63. The Morgan fingerprint density at radius 1 is 1.14 bits per heavy atom. The molecule has 0 bridgehead atoms. The van der Waals surface area contributed by atoms with E-state index in [2.05, 4.69) is 4.98 Å². The van der Waals surface area contributed by atoms with E-state index >= 15 is 0 Å². The van der Waals surface area contributed by atoms with Crippen molar-refractivity contribution in [1.29, 1.82) is 0 Å². The maximum atomic E-state index is 13.4. The van der Waals surface area contributed by atoms with E-state index in [0.29, 0.717) is 43.9 Å². The molecule has 1 atom stereocenters. The van der Waals surface area contributed by atoms with E-state index in [-0.39, 0.29) is 24.3 Å². The Hall–Kier alpha value is -3.36. The molecule has 0 fully saturated rings. The van der Waals surface area contributed by atoms with Gasteiger partial charge >= 0.3 is 0 Å². The highest BCUT2D eigenvalue weighted by molar-refractivity contribution is 5.99. The van der Waals surface area contributed by atoms with Crippen LogP contribution in [0.5, 0.6) is 5.75 Å². The normalized spacial score (nSPS) is 17.4. The molecule has 3 amide bonds. The van der Waals surface area contributed by atoms with Crippen molar-refractivity contribution in [3.63, 3.8) is 0 Å². The Morgan fingerprint density at radius 2 is 1.92 bits per heavy atom. The lowest BCUT2D eigenvalue weighted by molar-refractivity contribution is -0.135. The summed E-state index contributed by atoms with van der Waals surface area (Å²) < 4.78 is 7.80. The Bertz CT molecular complexity index is 1050. The van der Waals surface area contributed by atoms with Crippen LogP contribution in [0.4, 0.5) is 0 Å². The molecule has 1 aliphatic rings. The second-order valence-corrected chi connectivity index (χ2v) is 9.73. The smallest absolute Gasteiger partial charge is 0.258 e. The largest absolute Gasteiger partial charge is 0.493 e. The Kier molecular flexibility index (Phi) is 10.5. The number of rotatable bonds is 8. The van der Waals surface area contributed by atoms with E-state index in [1.807, 2.05) is 42.9 Å². The number of likely N-dealkylation sites (N-methyl/N-ethyl adjacent to an activating group) is 3. The molecular formula is C28H41N5O4. The topological polar surface area (TPSA) is 88.0 Å². The van der Waals surface area contributed by atoms with Crippen LogP contribution in [0.1, 0.15) is 61.6 Å². The summed E-state index contributed by atoms with van der Waals surface area (Å²) in [5.74, 6) is 1.20. The first-order valence-electron chi connectivity index (χ1n) is 13.3. The average Bonchev–Trinajstić information content (AvgIpc) is 3.36. The summed E-state index contributed by atoms with van der Waals surface area (Å²) in [5, 5.41) is 0. The number of benzene rings is 1. The second kappa shape index (κ2) is 13.8. The van der Waals surface area contributed by atoms with Gasteiger partial charge in [0.2, 0.25) is 11.8 Å². The number of carbonyl (C=O) groups excluding carboxylic acids is 3. The molecule has 9 nitrogen and oxygen atoms in total. The highest BCUT2D eigenvalue weighted by atomic mass is 16.5. The van der Waals surface area contributed by atoms with Crippen LogP contribution in [0.3, 0.4) is 0 Å². The van der Waals surface area contributed by atoms with Gasteiger partial charge in [-0.15, -0.1) is 0 Å². The highest BCUT2D eigenvalue weighted by Crippen LogP contribution is 2.23. The summed E-state index contributed by atoms with van der Waals surface area (Å²) in [5.41, 5.74) is 0.473. The van der Waals surface area contributed by atoms with Gasteiger partial charge in [-0.25, -0.2) is 4.98 Å². The number of nitrogens with zero attached hydrogens (tertiary/aromatic N) is 5. The zero-order valence-electron chi connectivity index (χ0n) is 22.7. The summed E-state index contributed by atoms with van der Waals surface area (Å²) >= 11 is 0. The molecular weight excluding hydrogens is 470 g/mol. The van der Waals surface area contributed by atoms with Crippen molar-refractivity contribution in [3.8, 4) is 5.75 Å². The van der Waals surface area contributed by atoms with E-state index < -0.39 is 6.04 Å². The standard InChI is InChI=1S/C28H41N5O4/c1-5-25-29-16-19-33(25)21-26(34)30(2)17-11-9-14-23-28(36)31(3)18-10-6-12-20-37-24-15-8-7-13-22(24)27(35)32(23)4/h7-8,13,15-16,19,23H,5-6,9-12,14,17-18,20-21H2,1-4H3/t23-/m0/s1. The van der Waals surface area contributed by atoms with Gasteiger partial charge in [0.1, 0.15) is 24.2 Å². The number of carbonyl (C=O) groups is 3. The molecule has 1 aliphatic heterocycles. The molecule has 37 heavy (non-hydrogen) atoms. The van der Waals surface area contributed by atoms with E-state index in [4.69, 9.17) is 4.74 Å². The predicted molar refractivity (Wildman–Crippen MR) is 142 cm³/mol. The summed E-state index contributed by atoms with van der Waals surface area (Å²) in [6, 6.07) is 6.65. The number of fused-ring (bicyclic) bond motifs is 1. The van der Waals surface area contributed by atoms with Gasteiger partial charge in [0.15, 0.2) is 0 Å². The minimum atomic E-state index is -0.578. The SMILES string of the molecule is CCc1nccn1CC(=O)N(C)CCCC[C@H]1C(=O)N(C)CCCCCOc2ccccc2C(=O)N1C. The number of ether oxygens (including phenoxy) is 1. The number of unbranched alkanes of at least 4 members (excludes halogenated alkanes) is 1. The predicted octanol–water partition coefficient (Wildman–Crippen LogP) is 3.24. The molecule has 0 unspecified atom stereocenters. The lowest BCUT2D eigenvalue weighted by Gasteiger charge is -2.31. The molecule has 2 aromatic rings. The quantitative estimate of drug-likeness (QED) is 0.508. The van der Waals surface area contributed by atoms with E-state index in [9.17, 15) is 14.4 Å². The Labute approximate surface area is 220 Å². The third-order valence-corrected chi connectivity index (χ3v) is 7.03. The van der Waals surface area contributed by atoms with Crippen LogP contribution < -0.4 is 4.74 Å². The van der Waals surface area contributed by atoms with Crippen molar-refractivity contribution in [1.82, 2.24) is 24.3 Å². The molecule has 0 saturated carbocycles. The molecule has 202 valence electrons. The van der Waals surface area contributed by atoms with Gasteiger partial charge in [0.25, 0.3) is 5.91 Å². The van der Waals surface area contributed by atoms with Crippen molar-refractivity contribution in [2.75, 3.05) is 40.8 Å². The van der Waals surface area contributed by atoms with Gasteiger partial charge < -0.3 is 24.0 Å². The van der Waals surface area contributed by atoms with E-state index in [0.717, 1.165) is 37.9 Å². The first kappa shape index (κ1) is 28.2. The number of aromatic nitrogens is 2. The minimum Gasteiger partial charge on any atom is -0.493 e. The van der Waals surface area contributed by atoms with Crippen molar-refractivity contribution in [2.45, 2.75) is 64.5 Å². The monoisotopic (exact) mass is 511 g/mol. The van der Waals surface area contributed by atoms with E-state index in [1.54, 1.807) is 41.1 Å². The lowest BCUT2D eigenvalue weighted by Crippen LogP contribution is -2.48. The summed E-state index contributed by atoms with van der Waals surface area (Å²) in [7, 11) is 5.31. The molecule has 0 saturated heterocycles. The van der Waals surface area contributed by atoms with Gasteiger partial charge in [-0.1, -0.05) is 19.1 Å². The van der Waals surface area contributed by atoms with E-state index in [1.165, 1.54) is 0 Å². The van der Waals surface area contributed by atoms with Crippen molar-refractivity contribution in [2.24, 2.45) is 0 Å². The molecule has 0 spiro atoms. The second-order valence-electron chi connectivity index (χ2n) is 9.73. The van der Waals surface area contributed by atoms with Gasteiger partial charge in [-0.2, -0.15) is 0 Å². The maximum absolute atomic E-state index is 13.4. The lowest BCUT2D eigenvalue weighted by atomic mass is 10.0. The number of para-hydroxylation sites is 1. The summed E-state index contributed by atoms with van der Waals surface area (Å²) in [4.78, 5) is 48.8. The van der Waals surface area contributed by atoms with Crippen LogP contribution >= 0.6 is 0 Å². The number of aryl methyl sites for hydroxylation is 1. The number of hydrogen-bond acceptors (Lipinski definition) is 5. The van der Waals surface area contributed by atoms with Crippen LogP contribution in [0.25, 0.3) is 0 Å². The van der Waals surface area contributed by atoms with Crippen LogP contribution in [0, 0.1) is 0 Å². The molecule has 0 radical (unpaired) electrons. The van der Waals surface area contributed by atoms with Crippen molar-refractivity contribution < 1.29 is 19.1 Å². The van der Waals surface area contributed by atoms with Crippen molar-refractivity contribution in [3.05, 3.63) is 48.0 Å². The molecule has 0 aliphatic carbocycles. The van der Waals surface area contributed by atoms with Gasteiger partial charge in [-0.05, 0) is 50.7 Å². The maximum Gasteiger partial charge on any atom is 0.258 e. The van der Waals surface area contributed by atoms with Gasteiger partial charge in [-0.3, -0.25) is 14.4 Å². The van der Waals surface area contributed by atoms with Gasteiger partial charge in [0, 0.05) is 53.0 Å². The summed E-state index contributed by atoms with van der Waals surface area (Å²) in [6.45, 7) is 4.06. The number of amides is 3. The fourth-order valence-electron chi connectivity index (χ4n) is 4.63. The third kappa shape index (κ3) is 7.57. The zero-order valence-corrected chi connectivity index (χ0v) is 22.7. The highest BCUT2D eigenvalue weighted by Gasteiger charge is 2.31. The number of imidazole rings is 1. The average molecular weight is 512 g/mol. The first-order valence-corrected chi connectivity index (χ1v) is 13.3. The van der Waals surface area contributed by atoms with Crippen LogP contribution in [-0.4, -0.2) is 88.9 Å². The zero-order chi connectivity index (χ0) is 26.8. The molecule has 3 rings (SSSR count). The van der Waals surface area contributed by atoms with Crippen LogP contribution in [0.15, 0.2) is 36.7 Å². The summed E-state index contributed by atoms with van der Waals surface area (Å²) in [6.07, 6.45) is 9.01. The first-order chi connectivity index (χ1) is 17.8. The molecule has 1 aromatic carbocycles. The molecule has 1 aromatic heterocycles. The van der Waals surface area contributed by atoms with Gasteiger partial charge in [0.05, 0.1) is 12.2 Å². The number of hydrogen-bond donors (Lipinski definition) is 0. The van der Waals surface area contributed by atoms with Crippen LogP contribution in [-0.2, 0) is 22.6 Å². The molecule has 0 N–H and O–H groups in total. The Balaban J connectivity index is 1.63. The molecule has 9 heteroatoms. The fraction of sp³-hybridized carbons (Fsp3) is 0.571. The van der Waals surface area contributed by atoms with Crippen molar-refractivity contribution >= 4 is 17.7 Å². The Morgan fingerprint density at radius 3 is 2.70 bits per heavy atom. The third-order valence-electron chi connectivity index (χ3n) is 7.03. The van der Waals surface area contributed by atoms with Crippen LogP contribution in [0.2, 0.25) is 0 Å². The molecule has 2 heterocycles.